The third-order valence-corrected chi connectivity index (χ3v) is 7.20. The van der Waals surface area contributed by atoms with E-state index in [0.717, 1.165) is 74.6 Å². The standard InChI is InChI=1S/C22H26N2O3S/c25-21(24-28-19-12-16(13-27-19)22(26)9-1-2-10-22)23-20-17-7-3-5-14(17)11-15-6-4-8-18(15)20/h11-13,26H,1-10H2,(H2,23,24,25). The van der Waals surface area contributed by atoms with Crippen LogP contribution in [0.1, 0.15) is 66.3 Å². The number of aryl methyl sites for hydroxylation is 2. The highest BCUT2D eigenvalue weighted by Gasteiger charge is 2.34. The molecule has 28 heavy (non-hydrogen) atoms. The summed E-state index contributed by atoms with van der Waals surface area (Å²) in [6, 6.07) is 3.98. The Hall–Kier alpha value is -1.92. The van der Waals surface area contributed by atoms with Gasteiger partial charge in [0.1, 0.15) is 0 Å². The zero-order chi connectivity index (χ0) is 19.1. The summed E-state index contributed by atoms with van der Waals surface area (Å²) in [6.45, 7) is 0. The molecule has 0 saturated heterocycles. The lowest BCUT2D eigenvalue weighted by atomic mass is 9.95. The van der Waals surface area contributed by atoms with Gasteiger partial charge in [0.25, 0.3) is 0 Å². The van der Waals surface area contributed by atoms with E-state index in [1.165, 1.54) is 35.1 Å². The van der Waals surface area contributed by atoms with E-state index in [0.29, 0.717) is 5.09 Å². The van der Waals surface area contributed by atoms with Crippen molar-refractivity contribution in [3.63, 3.8) is 0 Å². The highest BCUT2D eigenvalue weighted by Crippen LogP contribution is 2.41. The van der Waals surface area contributed by atoms with Gasteiger partial charge in [-0.3, -0.25) is 4.72 Å². The second-order valence-electron chi connectivity index (χ2n) is 8.29. The Kier molecular flexibility index (Phi) is 4.63. The second-order valence-corrected chi connectivity index (χ2v) is 9.10. The number of hydrogen-bond donors (Lipinski definition) is 3. The molecular formula is C22H26N2O3S. The van der Waals surface area contributed by atoms with Gasteiger partial charge in [0.05, 0.1) is 11.9 Å². The van der Waals surface area contributed by atoms with Crippen molar-refractivity contribution in [1.82, 2.24) is 4.72 Å². The number of urea groups is 1. The Balaban J connectivity index is 1.26. The largest absolute Gasteiger partial charge is 0.456 e. The smallest absolute Gasteiger partial charge is 0.329 e. The molecule has 3 aliphatic carbocycles. The molecule has 1 aromatic heterocycles. The van der Waals surface area contributed by atoms with Crippen molar-refractivity contribution in [2.75, 3.05) is 5.32 Å². The van der Waals surface area contributed by atoms with Crippen LogP contribution in [0.15, 0.2) is 27.9 Å². The molecule has 6 heteroatoms. The maximum atomic E-state index is 12.6. The van der Waals surface area contributed by atoms with E-state index in [1.807, 2.05) is 6.07 Å². The molecule has 5 rings (SSSR count). The van der Waals surface area contributed by atoms with Gasteiger partial charge >= 0.3 is 6.03 Å². The van der Waals surface area contributed by atoms with E-state index in [2.05, 4.69) is 16.1 Å². The Labute approximate surface area is 169 Å². The molecule has 0 bridgehead atoms. The summed E-state index contributed by atoms with van der Waals surface area (Å²) in [6.07, 6.45) is 11.9. The molecule has 1 heterocycles. The van der Waals surface area contributed by atoms with Crippen molar-refractivity contribution < 1.29 is 14.3 Å². The summed E-state index contributed by atoms with van der Waals surface area (Å²) in [5.74, 6) is 0. The number of anilines is 1. The van der Waals surface area contributed by atoms with Gasteiger partial charge in [-0.2, -0.15) is 0 Å². The first-order valence-corrected chi connectivity index (χ1v) is 11.2. The summed E-state index contributed by atoms with van der Waals surface area (Å²) >= 11 is 1.15. The number of nitrogens with one attached hydrogen (secondary N) is 2. The van der Waals surface area contributed by atoms with Crippen LogP contribution in [-0.2, 0) is 31.3 Å². The fourth-order valence-electron chi connectivity index (χ4n) is 5.07. The Morgan fingerprint density at radius 3 is 2.36 bits per heavy atom. The first-order chi connectivity index (χ1) is 13.6. The molecule has 0 unspecified atom stereocenters. The summed E-state index contributed by atoms with van der Waals surface area (Å²) in [5, 5.41) is 14.4. The van der Waals surface area contributed by atoms with Crippen LogP contribution in [0, 0.1) is 0 Å². The minimum Gasteiger partial charge on any atom is -0.456 e. The van der Waals surface area contributed by atoms with Crippen LogP contribution in [0.4, 0.5) is 10.5 Å². The first kappa shape index (κ1) is 18.1. The lowest BCUT2D eigenvalue weighted by Gasteiger charge is -2.19. The number of carbonyl (C=O) groups excluding carboxylic acids is 1. The Morgan fingerprint density at radius 2 is 1.68 bits per heavy atom. The Bertz CT molecular complexity index is 882. The van der Waals surface area contributed by atoms with Crippen LogP contribution >= 0.6 is 11.9 Å². The lowest BCUT2D eigenvalue weighted by molar-refractivity contribution is 0.0439. The molecule has 0 radical (unpaired) electrons. The minimum absolute atomic E-state index is 0.225. The van der Waals surface area contributed by atoms with Crippen molar-refractivity contribution in [2.24, 2.45) is 0 Å². The molecule has 0 spiro atoms. The number of benzene rings is 1. The fraction of sp³-hybridized carbons (Fsp3) is 0.500. The second kappa shape index (κ2) is 7.16. The maximum absolute atomic E-state index is 12.6. The summed E-state index contributed by atoms with van der Waals surface area (Å²) in [7, 11) is 0. The molecule has 0 atom stereocenters. The number of furan rings is 1. The Morgan fingerprint density at radius 1 is 1.00 bits per heavy atom. The lowest BCUT2D eigenvalue weighted by Crippen LogP contribution is -2.24. The fourth-order valence-corrected chi connectivity index (χ4v) is 5.59. The summed E-state index contributed by atoms with van der Waals surface area (Å²) < 4.78 is 8.39. The molecular weight excluding hydrogens is 372 g/mol. The van der Waals surface area contributed by atoms with Crippen molar-refractivity contribution >= 4 is 23.7 Å². The molecule has 2 aromatic rings. The molecule has 5 nitrogen and oxygen atoms in total. The van der Waals surface area contributed by atoms with Crippen LogP contribution in [0.25, 0.3) is 0 Å². The molecule has 1 saturated carbocycles. The van der Waals surface area contributed by atoms with Gasteiger partial charge < -0.3 is 14.8 Å². The average Bonchev–Trinajstić information content (AvgIpc) is 3.46. The van der Waals surface area contributed by atoms with Crippen LogP contribution in [0.2, 0.25) is 0 Å². The van der Waals surface area contributed by atoms with E-state index in [9.17, 15) is 9.90 Å². The molecule has 3 aliphatic rings. The van der Waals surface area contributed by atoms with Crippen LogP contribution in [0.3, 0.4) is 0 Å². The van der Waals surface area contributed by atoms with Crippen LogP contribution in [-0.4, -0.2) is 11.1 Å². The average molecular weight is 399 g/mol. The zero-order valence-corrected chi connectivity index (χ0v) is 16.8. The monoisotopic (exact) mass is 398 g/mol. The zero-order valence-electron chi connectivity index (χ0n) is 16.0. The van der Waals surface area contributed by atoms with Crippen molar-refractivity contribution in [3.05, 3.63) is 46.2 Å². The van der Waals surface area contributed by atoms with E-state index in [1.54, 1.807) is 6.26 Å². The third kappa shape index (κ3) is 3.22. The van der Waals surface area contributed by atoms with Crippen molar-refractivity contribution in [1.29, 1.82) is 0 Å². The normalized spacial score (nSPS) is 19.5. The number of carbonyl (C=O) groups is 1. The highest BCUT2D eigenvalue weighted by atomic mass is 32.2. The van der Waals surface area contributed by atoms with Gasteiger partial charge in [-0.15, -0.1) is 0 Å². The van der Waals surface area contributed by atoms with Crippen LogP contribution in [0.5, 0.6) is 0 Å². The van der Waals surface area contributed by atoms with Crippen molar-refractivity contribution in [3.8, 4) is 0 Å². The minimum atomic E-state index is -0.768. The van der Waals surface area contributed by atoms with Crippen molar-refractivity contribution in [2.45, 2.75) is 74.9 Å². The molecule has 0 aliphatic heterocycles. The summed E-state index contributed by atoms with van der Waals surface area (Å²) in [4.78, 5) is 12.6. The van der Waals surface area contributed by atoms with Gasteiger partial charge in [-0.05, 0) is 79.7 Å². The predicted molar refractivity (Wildman–Crippen MR) is 110 cm³/mol. The number of aliphatic hydroxyl groups is 1. The molecule has 148 valence electrons. The molecule has 3 N–H and O–H groups in total. The molecule has 2 amide bonds. The van der Waals surface area contributed by atoms with E-state index >= 15 is 0 Å². The van der Waals surface area contributed by atoms with Gasteiger partial charge in [0.2, 0.25) is 0 Å². The van der Waals surface area contributed by atoms with Gasteiger partial charge in [0.15, 0.2) is 5.09 Å². The van der Waals surface area contributed by atoms with Gasteiger partial charge in [-0.25, -0.2) is 4.79 Å². The third-order valence-electron chi connectivity index (χ3n) is 6.50. The maximum Gasteiger partial charge on any atom is 0.329 e. The predicted octanol–water partition coefficient (Wildman–Crippen LogP) is 4.85. The number of rotatable bonds is 4. The molecule has 1 aromatic carbocycles. The van der Waals surface area contributed by atoms with Crippen LogP contribution < -0.4 is 10.0 Å². The molecule has 1 fully saturated rings. The highest BCUT2D eigenvalue weighted by molar-refractivity contribution is 7.97. The number of fused-ring (bicyclic) bond motifs is 2. The van der Waals surface area contributed by atoms with E-state index in [4.69, 9.17) is 4.42 Å². The number of hydrogen-bond acceptors (Lipinski definition) is 4. The van der Waals surface area contributed by atoms with E-state index < -0.39 is 5.60 Å². The quantitative estimate of drug-likeness (QED) is 0.644. The van der Waals surface area contributed by atoms with E-state index in [-0.39, 0.29) is 6.03 Å². The number of amides is 2. The topological polar surface area (TPSA) is 74.5 Å². The van der Waals surface area contributed by atoms with Gasteiger partial charge in [-0.1, -0.05) is 18.9 Å². The summed E-state index contributed by atoms with van der Waals surface area (Å²) in [5.41, 5.74) is 6.55. The first-order valence-electron chi connectivity index (χ1n) is 10.3. The van der Waals surface area contributed by atoms with Gasteiger partial charge in [0, 0.05) is 23.2 Å². The SMILES string of the molecule is O=C(NSc1cc(C2(O)CCCC2)co1)Nc1c2c(cc3c1CCC3)CCC2.